The fourth-order valence-corrected chi connectivity index (χ4v) is 2.60. The molecular formula is C10H17N3S. The second-order valence-electron chi connectivity index (χ2n) is 3.89. The molecule has 1 aliphatic carbocycles. The van der Waals surface area contributed by atoms with E-state index < -0.39 is 0 Å². The molecule has 1 fully saturated rings. The highest BCUT2D eigenvalue weighted by molar-refractivity contribution is 7.15. The van der Waals surface area contributed by atoms with Crippen molar-refractivity contribution >= 4 is 16.5 Å². The minimum atomic E-state index is 0.865. The van der Waals surface area contributed by atoms with E-state index in [1.165, 1.54) is 25.7 Å². The molecule has 0 atom stereocenters. The molecule has 1 aliphatic rings. The predicted molar refractivity (Wildman–Crippen MR) is 59.7 cm³/mol. The van der Waals surface area contributed by atoms with Crippen LogP contribution in [0.1, 0.15) is 37.6 Å². The highest BCUT2D eigenvalue weighted by Gasteiger charge is 2.14. The SMILES string of the molecule is CCc1nnc(NCC2CCCC2)s1. The Bertz CT molecular complexity index is 279. The number of hydrogen-bond donors (Lipinski definition) is 1. The van der Waals surface area contributed by atoms with Crippen LogP contribution in [0.3, 0.4) is 0 Å². The minimum absolute atomic E-state index is 0.865. The molecule has 1 aromatic rings. The third-order valence-electron chi connectivity index (χ3n) is 2.79. The fraction of sp³-hybridized carbons (Fsp3) is 0.800. The van der Waals surface area contributed by atoms with Crippen molar-refractivity contribution in [2.45, 2.75) is 39.0 Å². The van der Waals surface area contributed by atoms with Gasteiger partial charge in [0.2, 0.25) is 5.13 Å². The molecule has 0 saturated heterocycles. The van der Waals surface area contributed by atoms with Gasteiger partial charge in [-0.3, -0.25) is 0 Å². The maximum absolute atomic E-state index is 4.11. The monoisotopic (exact) mass is 211 g/mol. The Morgan fingerprint density at radius 2 is 2.14 bits per heavy atom. The Hall–Kier alpha value is -0.640. The van der Waals surface area contributed by atoms with Gasteiger partial charge in [0.1, 0.15) is 5.01 Å². The number of aromatic nitrogens is 2. The number of rotatable bonds is 4. The third kappa shape index (κ3) is 2.44. The minimum Gasteiger partial charge on any atom is -0.360 e. The summed E-state index contributed by atoms with van der Waals surface area (Å²) in [6, 6.07) is 0. The molecule has 3 nitrogen and oxygen atoms in total. The Morgan fingerprint density at radius 1 is 1.36 bits per heavy atom. The van der Waals surface area contributed by atoms with Crippen LogP contribution < -0.4 is 5.32 Å². The van der Waals surface area contributed by atoms with Crippen LogP contribution in [0.25, 0.3) is 0 Å². The van der Waals surface area contributed by atoms with E-state index in [-0.39, 0.29) is 0 Å². The van der Waals surface area contributed by atoms with Crippen LogP contribution in [0.15, 0.2) is 0 Å². The number of anilines is 1. The lowest BCUT2D eigenvalue weighted by Crippen LogP contribution is -2.10. The van der Waals surface area contributed by atoms with Crippen LogP contribution >= 0.6 is 11.3 Å². The van der Waals surface area contributed by atoms with Gasteiger partial charge in [-0.2, -0.15) is 0 Å². The highest BCUT2D eigenvalue weighted by atomic mass is 32.1. The van der Waals surface area contributed by atoms with Crippen molar-refractivity contribution in [2.24, 2.45) is 5.92 Å². The smallest absolute Gasteiger partial charge is 0.205 e. The Morgan fingerprint density at radius 3 is 2.79 bits per heavy atom. The highest BCUT2D eigenvalue weighted by Crippen LogP contribution is 2.25. The zero-order chi connectivity index (χ0) is 9.80. The van der Waals surface area contributed by atoms with Gasteiger partial charge < -0.3 is 5.32 Å². The number of aryl methyl sites for hydroxylation is 1. The Balaban J connectivity index is 1.79. The molecule has 0 unspecified atom stereocenters. The fourth-order valence-electron chi connectivity index (χ4n) is 1.91. The lowest BCUT2D eigenvalue weighted by molar-refractivity contribution is 0.579. The molecule has 0 bridgehead atoms. The molecule has 0 aromatic carbocycles. The molecule has 1 N–H and O–H groups in total. The molecule has 78 valence electrons. The Kier molecular flexibility index (Phi) is 3.35. The Labute approximate surface area is 88.9 Å². The zero-order valence-electron chi connectivity index (χ0n) is 8.62. The van der Waals surface area contributed by atoms with Crippen LogP contribution in [0, 0.1) is 5.92 Å². The molecule has 1 saturated carbocycles. The normalized spacial score (nSPS) is 17.5. The van der Waals surface area contributed by atoms with Gasteiger partial charge in [-0.1, -0.05) is 31.1 Å². The molecule has 2 rings (SSSR count). The van der Waals surface area contributed by atoms with Gasteiger partial charge in [0.05, 0.1) is 0 Å². The first-order valence-electron chi connectivity index (χ1n) is 5.44. The lowest BCUT2D eigenvalue weighted by atomic mass is 10.1. The molecule has 0 spiro atoms. The lowest BCUT2D eigenvalue weighted by Gasteiger charge is -2.08. The topological polar surface area (TPSA) is 37.8 Å². The first-order chi connectivity index (χ1) is 6.88. The van der Waals surface area contributed by atoms with Gasteiger partial charge in [0, 0.05) is 6.54 Å². The molecular weight excluding hydrogens is 194 g/mol. The van der Waals surface area contributed by atoms with Crippen molar-refractivity contribution in [1.29, 1.82) is 0 Å². The van der Waals surface area contributed by atoms with Crippen molar-refractivity contribution in [2.75, 3.05) is 11.9 Å². The van der Waals surface area contributed by atoms with E-state index in [0.717, 1.165) is 29.0 Å². The van der Waals surface area contributed by atoms with Crippen LogP contribution in [0.4, 0.5) is 5.13 Å². The number of nitrogens with zero attached hydrogens (tertiary/aromatic N) is 2. The van der Waals surface area contributed by atoms with Crippen molar-refractivity contribution in [3.63, 3.8) is 0 Å². The first-order valence-corrected chi connectivity index (χ1v) is 6.26. The second-order valence-corrected chi connectivity index (χ2v) is 4.95. The van der Waals surface area contributed by atoms with E-state index >= 15 is 0 Å². The average molecular weight is 211 g/mol. The van der Waals surface area contributed by atoms with Crippen LogP contribution in [-0.2, 0) is 6.42 Å². The quantitative estimate of drug-likeness (QED) is 0.832. The van der Waals surface area contributed by atoms with Gasteiger partial charge in [0.25, 0.3) is 0 Å². The summed E-state index contributed by atoms with van der Waals surface area (Å²) in [6.45, 7) is 3.19. The van der Waals surface area contributed by atoms with E-state index in [1.807, 2.05) is 0 Å². The maximum Gasteiger partial charge on any atom is 0.205 e. The van der Waals surface area contributed by atoms with Gasteiger partial charge in [0.15, 0.2) is 0 Å². The van der Waals surface area contributed by atoms with E-state index in [4.69, 9.17) is 0 Å². The van der Waals surface area contributed by atoms with Gasteiger partial charge >= 0.3 is 0 Å². The molecule has 1 heterocycles. The maximum atomic E-state index is 4.11. The summed E-state index contributed by atoms with van der Waals surface area (Å²) in [5, 5.41) is 13.7. The number of hydrogen-bond acceptors (Lipinski definition) is 4. The van der Waals surface area contributed by atoms with Gasteiger partial charge in [-0.15, -0.1) is 10.2 Å². The molecule has 0 aliphatic heterocycles. The van der Waals surface area contributed by atoms with Crippen LogP contribution in [0.2, 0.25) is 0 Å². The van der Waals surface area contributed by atoms with Crippen molar-refractivity contribution in [3.8, 4) is 0 Å². The van der Waals surface area contributed by atoms with Crippen molar-refractivity contribution in [1.82, 2.24) is 10.2 Å². The van der Waals surface area contributed by atoms with Gasteiger partial charge in [-0.25, -0.2) is 0 Å². The summed E-state index contributed by atoms with van der Waals surface area (Å²) >= 11 is 1.68. The summed E-state index contributed by atoms with van der Waals surface area (Å²) in [6.07, 6.45) is 6.56. The molecule has 1 aromatic heterocycles. The summed E-state index contributed by atoms with van der Waals surface area (Å²) < 4.78 is 0. The summed E-state index contributed by atoms with van der Waals surface area (Å²) in [5.74, 6) is 0.865. The first kappa shape index (κ1) is 9.90. The van der Waals surface area contributed by atoms with E-state index in [0.29, 0.717) is 0 Å². The summed E-state index contributed by atoms with van der Waals surface area (Å²) in [7, 11) is 0. The summed E-state index contributed by atoms with van der Waals surface area (Å²) in [5.41, 5.74) is 0. The van der Waals surface area contributed by atoms with Crippen molar-refractivity contribution in [3.05, 3.63) is 5.01 Å². The van der Waals surface area contributed by atoms with Gasteiger partial charge in [-0.05, 0) is 25.2 Å². The molecule has 0 amide bonds. The standard InChI is InChI=1S/C10H17N3S/c1-2-9-12-13-10(14-9)11-7-8-5-3-4-6-8/h8H,2-7H2,1H3,(H,11,13). The third-order valence-corrected chi connectivity index (χ3v) is 3.81. The molecule has 0 radical (unpaired) electrons. The van der Waals surface area contributed by atoms with Crippen molar-refractivity contribution < 1.29 is 0 Å². The van der Waals surface area contributed by atoms with E-state index in [2.05, 4.69) is 22.4 Å². The van der Waals surface area contributed by atoms with Crippen LogP contribution in [0.5, 0.6) is 0 Å². The number of nitrogens with one attached hydrogen (secondary N) is 1. The zero-order valence-corrected chi connectivity index (χ0v) is 9.44. The summed E-state index contributed by atoms with van der Waals surface area (Å²) in [4.78, 5) is 0. The molecule has 4 heteroatoms. The van der Waals surface area contributed by atoms with E-state index in [1.54, 1.807) is 11.3 Å². The predicted octanol–water partition coefficient (Wildman–Crippen LogP) is 2.70. The van der Waals surface area contributed by atoms with E-state index in [9.17, 15) is 0 Å². The second kappa shape index (κ2) is 4.73. The average Bonchev–Trinajstić information content (AvgIpc) is 2.86. The molecule has 14 heavy (non-hydrogen) atoms. The largest absolute Gasteiger partial charge is 0.360 e. The van der Waals surface area contributed by atoms with Crippen LogP contribution in [-0.4, -0.2) is 16.7 Å².